The summed E-state index contributed by atoms with van der Waals surface area (Å²) in [5.41, 5.74) is 2.18. The monoisotopic (exact) mass is 428 g/mol. The molecule has 0 spiro atoms. The predicted octanol–water partition coefficient (Wildman–Crippen LogP) is 5.61. The van der Waals surface area contributed by atoms with Gasteiger partial charge in [-0.3, -0.25) is 0 Å². The second-order valence-corrected chi connectivity index (χ2v) is 6.67. The normalized spacial score (nSPS) is 10.4. The quantitative estimate of drug-likeness (QED) is 0.305. The fourth-order valence-corrected chi connectivity index (χ4v) is 3.24. The lowest BCUT2D eigenvalue weighted by atomic mass is 10.2. The molecule has 4 rings (SSSR count). The number of hydrogen-bond acceptors (Lipinski definition) is 6. The Hall–Kier alpha value is -4.51. The molecule has 0 unspecified atom stereocenters. The van der Waals surface area contributed by atoms with Crippen molar-refractivity contribution >= 4 is 28.5 Å². The van der Waals surface area contributed by atoms with Crippen LogP contribution in [0.15, 0.2) is 67.0 Å². The van der Waals surface area contributed by atoms with Gasteiger partial charge >= 0.3 is 5.97 Å². The number of anilines is 2. The first-order chi connectivity index (χ1) is 15.6. The number of fused-ring (bicyclic) bond motifs is 1. The molecule has 0 fully saturated rings. The lowest BCUT2D eigenvalue weighted by Gasteiger charge is -2.13. The van der Waals surface area contributed by atoms with Crippen molar-refractivity contribution in [1.82, 2.24) is 9.61 Å². The number of methoxy groups -OCH3 is 1. The van der Waals surface area contributed by atoms with Crippen LogP contribution in [-0.4, -0.2) is 29.3 Å². The first-order valence-corrected chi connectivity index (χ1v) is 9.87. The minimum absolute atomic E-state index is 0.234. The number of esters is 1. The lowest BCUT2D eigenvalue weighted by Crippen LogP contribution is -2.04. The molecule has 4 aromatic rings. The van der Waals surface area contributed by atoms with E-state index in [1.54, 1.807) is 6.92 Å². The zero-order valence-electron chi connectivity index (χ0n) is 17.5. The molecule has 0 bridgehead atoms. The third kappa shape index (κ3) is 4.04. The molecule has 32 heavy (non-hydrogen) atoms. The molecule has 1 N–H and O–H groups in total. The van der Waals surface area contributed by atoms with Crippen LogP contribution >= 0.6 is 0 Å². The summed E-state index contributed by atoms with van der Waals surface area (Å²) in [5.74, 6) is 1.18. The Bertz CT molecular complexity index is 1290. The first-order valence-electron chi connectivity index (χ1n) is 9.87. The summed E-state index contributed by atoms with van der Waals surface area (Å²) in [4.78, 5) is 15.9. The summed E-state index contributed by atoms with van der Waals surface area (Å²) in [5, 5.41) is 7.50. The van der Waals surface area contributed by atoms with Gasteiger partial charge in [-0.05, 0) is 43.3 Å². The summed E-state index contributed by atoms with van der Waals surface area (Å²) < 4.78 is 17.9. The summed E-state index contributed by atoms with van der Waals surface area (Å²) in [6, 6.07) is 16.8. The third-order valence-corrected chi connectivity index (χ3v) is 4.66. The van der Waals surface area contributed by atoms with E-state index >= 15 is 0 Å². The zero-order valence-corrected chi connectivity index (χ0v) is 17.5. The highest BCUT2D eigenvalue weighted by Crippen LogP contribution is 2.39. The summed E-state index contributed by atoms with van der Waals surface area (Å²) in [6.07, 6.45) is 2.96. The van der Waals surface area contributed by atoms with Gasteiger partial charge in [0, 0.05) is 11.9 Å². The molecule has 0 atom stereocenters. The van der Waals surface area contributed by atoms with Crippen LogP contribution in [-0.2, 0) is 4.74 Å². The molecule has 2 aromatic heterocycles. The van der Waals surface area contributed by atoms with E-state index in [4.69, 9.17) is 20.8 Å². The van der Waals surface area contributed by atoms with Gasteiger partial charge in [-0.2, -0.15) is 5.10 Å². The number of nitrogens with zero attached hydrogens (tertiary/aromatic N) is 3. The van der Waals surface area contributed by atoms with Crippen LogP contribution in [0.1, 0.15) is 17.3 Å². The fraction of sp³-hybridized carbons (Fsp3) is 0.125. The molecule has 8 nitrogen and oxygen atoms in total. The van der Waals surface area contributed by atoms with Crippen molar-refractivity contribution in [1.29, 1.82) is 0 Å². The van der Waals surface area contributed by atoms with Crippen molar-refractivity contribution in [3.63, 3.8) is 0 Å². The Balaban J connectivity index is 1.70. The van der Waals surface area contributed by atoms with E-state index in [9.17, 15) is 4.79 Å². The van der Waals surface area contributed by atoms with Crippen LogP contribution in [0, 0.1) is 6.57 Å². The van der Waals surface area contributed by atoms with Gasteiger partial charge in [-0.25, -0.2) is 14.2 Å². The van der Waals surface area contributed by atoms with Gasteiger partial charge in [0.05, 0.1) is 32.2 Å². The van der Waals surface area contributed by atoms with Crippen molar-refractivity contribution in [3.05, 3.63) is 84.0 Å². The molecule has 0 radical (unpaired) electrons. The maximum absolute atomic E-state index is 12.4. The Morgan fingerprint density at radius 2 is 1.84 bits per heavy atom. The Morgan fingerprint density at radius 1 is 1.12 bits per heavy atom. The standard InChI is InChI=1S/C24H20N4O4/c1-4-31-24(29)19-15-28-22(23(19)30-3)21(20(25-2)14-26-28)27-16-10-12-18(13-11-16)32-17-8-6-5-7-9-17/h5-15,27H,4H2,1,3H3. The summed E-state index contributed by atoms with van der Waals surface area (Å²) in [7, 11) is 1.46. The molecular weight excluding hydrogens is 408 g/mol. The topological polar surface area (TPSA) is 78.5 Å². The molecule has 0 aliphatic rings. The highest BCUT2D eigenvalue weighted by molar-refractivity contribution is 6.01. The van der Waals surface area contributed by atoms with Gasteiger partial charge < -0.3 is 19.5 Å². The number of carbonyl (C=O) groups excluding carboxylic acids is 1. The van der Waals surface area contributed by atoms with E-state index < -0.39 is 5.97 Å². The Kier molecular flexibility index (Phi) is 5.90. The number of rotatable bonds is 7. The van der Waals surface area contributed by atoms with Crippen molar-refractivity contribution < 1.29 is 19.0 Å². The van der Waals surface area contributed by atoms with E-state index in [1.165, 1.54) is 24.0 Å². The van der Waals surface area contributed by atoms with Crippen LogP contribution in [0.5, 0.6) is 17.2 Å². The molecule has 0 aliphatic carbocycles. The second-order valence-electron chi connectivity index (χ2n) is 6.67. The molecule has 0 saturated carbocycles. The number of benzene rings is 2. The summed E-state index contributed by atoms with van der Waals surface area (Å²) >= 11 is 0. The van der Waals surface area contributed by atoms with Gasteiger partial charge in [-0.15, -0.1) is 0 Å². The lowest BCUT2D eigenvalue weighted by molar-refractivity contribution is 0.0523. The molecule has 0 amide bonds. The largest absolute Gasteiger partial charge is 0.493 e. The van der Waals surface area contributed by atoms with Crippen LogP contribution < -0.4 is 14.8 Å². The van der Waals surface area contributed by atoms with Crippen LogP contribution in [0.25, 0.3) is 10.4 Å². The maximum atomic E-state index is 12.4. The third-order valence-electron chi connectivity index (χ3n) is 4.66. The average molecular weight is 428 g/mol. The molecule has 2 heterocycles. The van der Waals surface area contributed by atoms with E-state index in [0.717, 1.165) is 11.4 Å². The van der Waals surface area contributed by atoms with Crippen molar-refractivity contribution in [2.45, 2.75) is 6.92 Å². The van der Waals surface area contributed by atoms with Gasteiger partial charge in [0.2, 0.25) is 5.69 Å². The fourth-order valence-electron chi connectivity index (χ4n) is 3.24. The molecule has 160 valence electrons. The number of para-hydroxylation sites is 1. The van der Waals surface area contributed by atoms with Crippen molar-refractivity contribution in [2.75, 3.05) is 19.0 Å². The zero-order chi connectivity index (χ0) is 22.5. The minimum Gasteiger partial charge on any atom is -0.493 e. The molecule has 0 aliphatic heterocycles. The molecular formula is C24H20N4O4. The molecule has 0 saturated heterocycles. The molecule has 2 aromatic carbocycles. The molecule has 8 heteroatoms. The van der Waals surface area contributed by atoms with Gasteiger partial charge in [0.1, 0.15) is 22.6 Å². The maximum Gasteiger partial charge on any atom is 0.343 e. The van der Waals surface area contributed by atoms with Crippen LogP contribution in [0.3, 0.4) is 0 Å². The van der Waals surface area contributed by atoms with Crippen molar-refractivity contribution in [2.24, 2.45) is 0 Å². The highest BCUT2D eigenvalue weighted by Gasteiger charge is 2.24. The van der Waals surface area contributed by atoms with Crippen molar-refractivity contribution in [3.8, 4) is 17.2 Å². The number of carbonyl (C=O) groups is 1. The van der Waals surface area contributed by atoms with E-state index in [1.807, 2.05) is 54.6 Å². The van der Waals surface area contributed by atoms with Gasteiger partial charge in [0.25, 0.3) is 0 Å². The van der Waals surface area contributed by atoms with E-state index in [-0.39, 0.29) is 23.6 Å². The highest BCUT2D eigenvalue weighted by atomic mass is 16.5. The first kappa shape index (κ1) is 20.8. The summed E-state index contributed by atoms with van der Waals surface area (Å²) in [6.45, 7) is 9.52. The number of hydrogen-bond donors (Lipinski definition) is 1. The minimum atomic E-state index is -0.521. The predicted molar refractivity (Wildman–Crippen MR) is 120 cm³/mol. The van der Waals surface area contributed by atoms with Gasteiger partial charge in [-0.1, -0.05) is 18.2 Å². The average Bonchev–Trinajstić information content (AvgIpc) is 3.20. The van der Waals surface area contributed by atoms with Crippen LogP contribution in [0.4, 0.5) is 17.1 Å². The SMILES string of the molecule is [C-]#[N+]c1cnn2cc(C(=O)OCC)c(OC)c2c1Nc1ccc(Oc2ccccc2)cc1. The number of aromatic nitrogens is 2. The van der Waals surface area contributed by atoms with Gasteiger partial charge in [0.15, 0.2) is 5.75 Å². The van der Waals surface area contributed by atoms with Crippen LogP contribution in [0.2, 0.25) is 0 Å². The number of nitrogens with one attached hydrogen (secondary N) is 1. The second kappa shape index (κ2) is 9.10. The number of ether oxygens (including phenoxy) is 3. The van der Waals surface area contributed by atoms with E-state index in [2.05, 4.69) is 15.3 Å². The smallest absolute Gasteiger partial charge is 0.343 e. The Labute approximate surface area is 184 Å². The van der Waals surface area contributed by atoms with E-state index in [0.29, 0.717) is 17.0 Å². The Morgan fingerprint density at radius 3 is 2.50 bits per heavy atom.